The van der Waals surface area contributed by atoms with Gasteiger partial charge in [-0.25, -0.2) is 4.79 Å². The fourth-order valence-corrected chi connectivity index (χ4v) is 9.70. The normalized spacial score (nSPS) is 42.4. The van der Waals surface area contributed by atoms with Crippen molar-refractivity contribution in [2.45, 2.75) is 161 Å². The third kappa shape index (κ3) is 9.32. The number of hydrogen-bond acceptors (Lipinski definition) is 10. The molecule has 52 heavy (non-hydrogen) atoms. The van der Waals surface area contributed by atoms with Gasteiger partial charge in [0.1, 0.15) is 18.3 Å². The molecule has 3 aliphatic rings. The number of carbonyl (C=O) groups excluding carboxylic acids is 2. The molecule has 4 N–H and O–H groups in total. The smallest absolute Gasteiger partial charge is 0.407 e. The highest BCUT2D eigenvalue weighted by molar-refractivity contribution is 5.73. The Morgan fingerprint density at radius 1 is 1.06 bits per heavy atom. The minimum atomic E-state index is -1.26. The molecule has 1 aromatic rings. The molecule has 4 rings (SSSR count). The van der Waals surface area contributed by atoms with E-state index in [0.717, 1.165) is 12.0 Å². The lowest BCUT2D eigenvalue weighted by molar-refractivity contribution is -0.181. The summed E-state index contributed by atoms with van der Waals surface area (Å²) < 4.78 is 25.0. The molecule has 1 amide bonds. The van der Waals surface area contributed by atoms with E-state index in [9.17, 15) is 24.9 Å². The average molecular weight is 733 g/mol. The van der Waals surface area contributed by atoms with Gasteiger partial charge in [-0.3, -0.25) is 4.79 Å². The van der Waals surface area contributed by atoms with Gasteiger partial charge in [-0.05, 0) is 103 Å². The van der Waals surface area contributed by atoms with Crippen LogP contribution in [0.3, 0.4) is 0 Å². The lowest BCUT2D eigenvalue weighted by Gasteiger charge is -2.45. The first-order valence-corrected chi connectivity index (χ1v) is 19.6. The first-order valence-electron chi connectivity index (χ1n) is 19.6. The number of nitrogens with one attached hydrogen (secondary N) is 1. The number of rotatable bonds is 9. The zero-order chi connectivity index (χ0) is 38.7. The summed E-state index contributed by atoms with van der Waals surface area (Å²) in [5.41, 5.74) is -1.51. The predicted molar refractivity (Wildman–Crippen MR) is 199 cm³/mol. The van der Waals surface area contributed by atoms with Crippen LogP contribution in [-0.4, -0.2) is 106 Å². The van der Waals surface area contributed by atoms with Crippen LogP contribution in [0, 0.1) is 35.5 Å². The van der Waals surface area contributed by atoms with Crippen LogP contribution in [0.4, 0.5) is 4.79 Å². The van der Waals surface area contributed by atoms with E-state index in [1.54, 1.807) is 6.92 Å². The van der Waals surface area contributed by atoms with Crippen LogP contribution in [0.5, 0.6) is 0 Å². The molecule has 3 fully saturated rings. The number of cyclic esters (lactones) is 1. The van der Waals surface area contributed by atoms with E-state index in [0.29, 0.717) is 25.7 Å². The molecule has 3 saturated heterocycles. The van der Waals surface area contributed by atoms with Crippen LogP contribution in [-0.2, 0) is 30.3 Å². The van der Waals surface area contributed by atoms with Gasteiger partial charge < -0.3 is 44.5 Å². The molecular formula is C41H68N2O9. The summed E-state index contributed by atoms with van der Waals surface area (Å²) >= 11 is 0. The van der Waals surface area contributed by atoms with Crippen LogP contribution in [0.1, 0.15) is 100.0 Å². The molecule has 16 atom stereocenters. The Hall–Kier alpha value is -2.28. The van der Waals surface area contributed by atoms with Gasteiger partial charge in [-0.2, -0.15) is 0 Å². The van der Waals surface area contributed by atoms with Gasteiger partial charge in [-0.15, -0.1) is 0 Å². The van der Waals surface area contributed by atoms with Crippen LogP contribution in [0.25, 0.3) is 0 Å². The number of alkyl carbamates (subject to hydrolysis) is 1. The highest BCUT2D eigenvalue weighted by Gasteiger charge is 2.58. The number of benzene rings is 1. The summed E-state index contributed by atoms with van der Waals surface area (Å²) in [6.45, 7) is 17.5. The molecule has 0 aromatic heterocycles. The van der Waals surface area contributed by atoms with Gasteiger partial charge >= 0.3 is 12.1 Å². The maximum atomic E-state index is 13.8. The van der Waals surface area contributed by atoms with Gasteiger partial charge in [0.05, 0.1) is 48.1 Å². The SMILES string of the molecule is CC[C@H]1OC(=O)[C@H](C)[C@@H](O)[C@H](C)[C@@H](CC[C@H](C)[C@@H]2O[C@H](C)C[C@H](N(C)C)[C@H]2O)[C@@](C)(O)C[C@@H](C)[C@@H]2OC1(C)[C@@H](NC(=O)OCc1ccccc1)[C@H]2C. The van der Waals surface area contributed by atoms with Crippen molar-refractivity contribution in [3.8, 4) is 0 Å². The van der Waals surface area contributed by atoms with Crippen molar-refractivity contribution in [2.24, 2.45) is 35.5 Å². The number of fused-ring (bicyclic) bond motifs is 2. The number of esters is 1. The Morgan fingerprint density at radius 3 is 2.33 bits per heavy atom. The zero-order valence-corrected chi connectivity index (χ0v) is 33.5. The van der Waals surface area contributed by atoms with Gasteiger partial charge in [0, 0.05) is 12.0 Å². The maximum Gasteiger partial charge on any atom is 0.407 e. The molecule has 3 aliphatic heterocycles. The summed E-state index contributed by atoms with van der Waals surface area (Å²) in [6.07, 6.45) is -1.11. The molecule has 1 unspecified atom stereocenters. The molecule has 3 heterocycles. The topological polar surface area (TPSA) is 147 Å². The van der Waals surface area contributed by atoms with E-state index in [1.165, 1.54) is 0 Å². The minimum absolute atomic E-state index is 0.000146. The fourth-order valence-electron chi connectivity index (χ4n) is 9.70. The summed E-state index contributed by atoms with van der Waals surface area (Å²) in [4.78, 5) is 29.1. The highest BCUT2D eigenvalue weighted by Crippen LogP contribution is 2.47. The number of likely N-dealkylation sites (N-methyl/N-ethyl adjacent to an activating group) is 1. The van der Waals surface area contributed by atoms with Crippen molar-refractivity contribution in [2.75, 3.05) is 14.1 Å². The van der Waals surface area contributed by atoms with E-state index < -0.39 is 71.5 Å². The van der Waals surface area contributed by atoms with E-state index in [-0.39, 0.29) is 42.6 Å². The zero-order valence-electron chi connectivity index (χ0n) is 33.5. The van der Waals surface area contributed by atoms with Crippen LogP contribution < -0.4 is 5.32 Å². The Bertz CT molecular complexity index is 1310. The van der Waals surface area contributed by atoms with Crippen LogP contribution in [0.15, 0.2) is 30.3 Å². The van der Waals surface area contributed by atoms with Gasteiger partial charge in [-0.1, -0.05) is 65.0 Å². The molecular weight excluding hydrogens is 664 g/mol. The molecule has 296 valence electrons. The van der Waals surface area contributed by atoms with Gasteiger partial charge in [0.15, 0.2) is 0 Å². The average Bonchev–Trinajstić information content (AvgIpc) is 3.35. The van der Waals surface area contributed by atoms with Crippen molar-refractivity contribution in [3.63, 3.8) is 0 Å². The lowest BCUT2D eigenvalue weighted by atomic mass is 9.68. The molecule has 0 saturated carbocycles. The third-order valence-corrected chi connectivity index (χ3v) is 12.8. The molecule has 2 bridgehead atoms. The molecule has 11 nitrogen and oxygen atoms in total. The fraction of sp³-hybridized carbons (Fsp3) is 0.805. The largest absolute Gasteiger partial charge is 0.459 e. The summed E-state index contributed by atoms with van der Waals surface area (Å²) in [6, 6.07) is 8.86. The van der Waals surface area contributed by atoms with Crippen molar-refractivity contribution >= 4 is 12.1 Å². The Balaban J connectivity index is 1.61. The van der Waals surface area contributed by atoms with Crippen molar-refractivity contribution in [1.29, 1.82) is 0 Å². The molecule has 1 aromatic carbocycles. The maximum absolute atomic E-state index is 13.8. The number of amides is 1. The summed E-state index contributed by atoms with van der Waals surface area (Å²) in [5, 5.41) is 38.6. The standard InChI is InChI=1S/C41H68N2O9/c1-12-32-41(9)37(42-39(47)49-22-29-16-14-13-15-17-29)28(7)35(52-41)24(3)21-40(8,48)30(26(5)33(44)27(6)38(46)51-32)19-18-23(2)36-34(45)31(43(10)11)20-25(4)50-36/h13-17,23-28,30-37,44-45,48H,12,18-22H2,1-11H3,(H,42,47)/t23-,24+,25+,26+,27+,28-,30+,31-,32+,33-,34+,35-,36-,37-,40-,41?/m0/s1. The van der Waals surface area contributed by atoms with Crippen molar-refractivity contribution < 1.29 is 43.9 Å². The van der Waals surface area contributed by atoms with Gasteiger partial charge in [0.2, 0.25) is 0 Å². The minimum Gasteiger partial charge on any atom is -0.459 e. The van der Waals surface area contributed by atoms with Crippen LogP contribution >= 0.6 is 0 Å². The van der Waals surface area contributed by atoms with E-state index in [4.69, 9.17) is 18.9 Å². The number of nitrogens with zero attached hydrogens (tertiary/aromatic N) is 1. The second-order valence-electron chi connectivity index (χ2n) is 17.1. The Labute approximate surface area is 312 Å². The van der Waals surface area contributed by atoms with Crippen molar-refractivity contribution in [1.82, 2.24) is 10.2 Å². The lowest BCUT2D eigenvalue weighted by Crippen LogP contribution is -2.58. The molecule has 0 radical (unpaired) electrons. The van der Waals surface area contributed by atoms with Gasteiger partial charge in [0.25, 0.3) is 0 Å². The first-order chi connectivity index (χ1) is 24.3. The summed E-state index contributed by atoms with van der Waals surface area (Å²) in [7, 11) is 3.95. The number of hydrogen-bond donors (Lipinski definition) is 4. The van der Waals surface area contributed by atoms with Crippen molar-refractivity contribution in [3.05, 3.63) is 35.9 Å². The van der Waals surface area contributed by atoms with E-state index >= 15 is 0 Å². The summed E-state index contributed by atoms with van der Waals surface area (Å²) in [5.74, 6) is -2.71. The number of carbonyl (C=O) groups is 2. The predicted octanol–water partition coefficient (Wildman–Crippen LogP) is 5.32. The van der Waals surface area contributed by atoms with Crippen LogP contribution in [0.2, 0.25) is 0 Å². The Morgan fingerprint density at radius 2 is 1.71 bits per heavy atom. The number of aliphatic hydroxyl groups excluding tert-OH is 2. The van der Waals surface area contributed by atoms with E-state index in [2.05, 4.69) is 24.1 Å². The monoisotopic (exact) mass is 732 g/mol. The number of aliphatic hydroxyl groups is 3. The Kier molecular flexibility index (Phi) is 14.3. The first kappa shape index (κ1) is 42.5. The second kappa shape index (κ2) is 17.5. The quantitative estimate of drug-likeness (QED) is 0.246. The molecule has 0 aliphatic carbocycles. The third-order valence-electron chi connectivity index (χ3n) is 12.8. The molecule has 11 heteroatoms. The molecule has 0 spiro atoms. The van der Waals surface area contributed by atoms with E-state index in [1.807, 2.05) is 86.0 Å². The number of ether oxygens (including phenoxy) is 4. The highest BCUT2D eigenvalue weighted by atomic mass is 16.6. The second-order valence-corrected chi connectivity index (χ2v) is 17.1.